The molecule has 41 heavy (non-hydrogen) atoms. The predicted molar refractivity (Wildman–Crippen MR) is 162 cm³/mol. The first kappa shape index (κ1) is 25.7. The summed E-state index contributed by atoms with van der Waals surface area (Å²) in [4.78, 5) is 31.6. The van der Waals surface area contributed by atoms with Gasteiger partial charge in [-0.3, -0.25) is 14.1 Å². The fraction of sp³-hybridized carbons (Fsp3) is 0.333. The third kappa shape index (κ3) is 4.62. The Hall–Kier alpha value is -4.30. The lowest BCUT2D eigenvalue weighted by Crippen LogP contribution is -2.55. The molecule has 2 N–H and O–H groups in total. The molecule has 1 aliphatic heterocycles. The van der Waals surface area contributed by atoms with Crippen LogP contribution in [0, 0.1) is 5.92 Å². The van der Waals surface area contributed by atoms with Crippen LogP contribution in [0.1, 0.15) is 38.4 Å². The van der Waals surface area contributed by atoms with E-state index in [1.54, 1.807) is 6.20 Å². The topological polar surface area (TPSA) is 92.7 Å². The summed E-state index contributed by atoms with van der Waals surface area (Å²) in [5.74, 6) is 2.19. The number of amides is 1. The van der Waals surface area contributed by atoms with Gasteiger partial charge in [0.05, 0.1) is 11.2 Å². The van der Waals surface area contributed by atoms with Gasteiger partial charge in [-0.2, -0.15) is 0 Å². The van der Waals surface area contributed by atoms with Crippen molar-refractivity contribution in [3.8, 4) is 22.5 Å². The molecule has 2 fully saturated rings. The maximum atomic E-state index is 12.4. The van der Waals surface area contributed by atoms with Crippen LogP contribution in [0.2, 0.25) is 0 Å². The summed E-state index contributed by atoms with van der Waals surface area (Å²) in [5, 5.41) is 1.08. The molecule has 2 aromatic carbocycles. The number of benzene rings is 2. The molecular weight excluding hydrogens is 510 g/mol. The number of aromatic nitrogens is 4. The summed E-state index contributed by atoms with van der Waals surface area (Å²) in [6.07, 6.45) is 5.84. The first-order valence-corrected chi connectivity index (χ1v) is 14.6. The highest BCUT2D eigenvalue weighted by molar-refractivity contribution is 5.91. The van der Waals surface area contributed by atoms with Gasteiger partial charge in [-0.15, -0.1) is 0 Å². The van der Waals surface area contributed by atoms with Gasteiger partial charge in [0.25, 0.3) is 0 Å². The molecule has 7 rings (SSSR count). The van der Waals surface area contributed by atoms with E-state index in [-0.39, 0.29) is 11.8 Å². The Morgan fingerprint density at radius 1 is 0.927 bits per heavy atom. The SMILES string of the molecule is CC(C)C(=O)N1CCN([C@H]2C[C@@H](c3nc(-c4ccc5ccc(-c6ccccc6)nc5c4)c4c(N)nccn43)C2)CC1. The van der Waals surface area contributed by atoms with Crippen molar-refractivity contribution >= 4 is 28.1 Å². The van der Waals surface area contributed by atoms with E-state index in [4.69, 9.17) is 15.7 Å². The normalized spacial score (nSPS) is 19.6. The van der Waals surface area contributed by atoms with Crippen molar-refractivity contribution in [2.75, 3.05) is 31.9 Å². The highest BCUT2D eigenvalue weighted by Gasteiger charge is 2.39. The minimum atomic E-state index is 0.0590. The van der Waals surface area contributed by atoms with Crippen molar-refractivity contribution in [3.05, 3.63) is 78.9 Å². The zero-order valence-corrected chi connectivity index (χ0v) is 23.6. The van der Waals surface area contributed by atoms with E-state index >= 15 is 0 Å². The number of carbonyl (C=O) groups excluding carboxylic acids is 1. The van der Waals surface area contributed by atoms with Crippen molar-refractivity contribution in [1.29, 1.82) is 0 Å². The molecule has 208 valence electrons. The number of hydrogen-bond acceptors (Lipinski definition) is 6. The lowest BCUT2D eigenvalue weighted by Gasteiger charge is -2.46. The summed E-state index contributed by atoms with van der Waals surface area (Å²) in [5.41, 5.74) is 12.1. The Morgan fingerprint density at radius 3 is 2.44 bits per heavy atom. The van der Waals surface area contributed by atoms with Crippen molar-refractivity contribution < 1.29 is 4.79 Å². The predicted octanol–water partition coefficient (Wildman–Crippen LogP) is 5.24. The van der Waals surface area contributed by atoms with Gasteiger partial charge in [0.2, 0.25) is 5.91 Å². The Labute approximate surface area is 239 Å². The number of nitrogens with zero attached hydrogens (tertiary/aromatic N) is 6. The molecule has 0 atom stereocenters. The van der Waals surface area contributed by atoms with Crippen LogP contribution in [0.5, 0.6) is 0 Å². The maximum Gasteiger partial charge on any atom is 0.225 e. The van der Waals surface area contributed by atoms with E-state index in [1.807, 2.05) is 43.1 Å². The Morgan fingerprint density at radius 2 is 1.68 bits per heavy atom. The van der Waals surface area contributed by atoms with Crippen LogP contribution in [0.4, 0.5) is 5.82 Å². The number of rotatable bonds is 5. The van der Waals surface area contributed by atoms with Gasteiger partial charge in [-0.25, -0.2) is 15.0 Å². The number of carbonyl (C=O) groups is 1. The number of nitrogens with two attached hydrogens (primary N) is 1. The fourth-order valence-electron chi connectivity index (χ4n) is 6.38. The van der Waals surface area contributed by atoms with Gasteiger partial charge < -0.3 is 10.6 Å². The molecule has 3 aromatic heterocycles. The molecule has 1 aliphatic carbocycles. The van der Waals surface area contributed by atoms with Gasteiger partial charge in [0, 0.05) is 73.0 Å². The Balaban J connectivity index is 1.16. The second kappa shape index (κ2) is 10.3. The van der Waals surface area contributed by atoms with E-state index in [0.717, 1.165) is 83.8 Å². The fourth-order valence-corrected chi connectivity index (χ4v) is 6.38. The number of piperazine rings is 1. The average molecular weight is 546 g/mol. The first-order valence-electron chi connectivity index (χ1n) is 14.6. The van der Waals surface area contributed by atoms with Gasteiger partial charge in [-0.05, 0) is 25.0 Å². The molecule has 8 nitrogen and oxygen atoms in total. The lowest BCUT2D eigenvalue weighted by molar-refractivity contribution is -0.136. The quantitative estimate of drug-likeness (QED) is 0.325. The highest BCUT2D eigenvalue weighted by atomic mass is 16.2. The number of nitrogen functional groups attached to an aromatic ring is 1. The molecular formula is C33H35N7O. The van der Waals surface area contributed by atoms with E-state index in [9.17, 15) is 4.79 Å². The van der Waals surface area contributed by atoms with Crippen molar-refractivity contribution in [1.82, 2.24) is 29.2 Å². The monoisotopic (exact) mass is 545 g/mol. The summed E-state index contributed by atoms with van der Waals surface area (Å²) in [6.45, 7) is 7.47. The van der Waals surface area contributed by atoms with E-state index in [1.165, 1.54) is 0 Å². The van der Waals surface area contributed by atoms with Crippen molar-refractivity contribution in [2.24, 2.45) is 5.92 Å². The van der Waals surface area contributed by atoms with Crippen molar-refractivity contribution in [3.63, 3.8) is 0 Å². The van der Waals surface area contributed by atoms with E-state index < -0.39 is 0 Å². The molecule has 0 unspecified atom stereocenters. The van der Waals surface area contributed by atoms with Gasteiger partial charge in [0.15, 0.2) is 0 Å². The first-order chi connectivity index (χ1) is 20.0. The molecule has 0 radical (unpaired) electrons. The third-order valence-electron chi connectivity index (χ3n) is 8.76. The van der Waals surface area contributed by atoms with Crippen LogP contribution < -0.4 is 5.73 Å². The van der Waals surface area contributed by atoms with Crippen molar-refractivity contribution in [2.45, 2.75) is 38.6 Å². The second-order valence-electron chi connectivity index (χ2n) is 11.7. The second-order valence-corrected chi connectivity index (χ2v) is 11.7. The molecule has 1 saturated carbocycles. The molecule has 5 aromatic rings. The van der Waals surface area contributed by atoms with E-state index in [0.29, 0.717) is 17.8 Å². The zero-order valence-electron chi connectivity index (χ0n) is 23.6. The van der Waals surface area contributed by atoms with Crippen LogP contribution in [-0.4, -0.2) is 67.3 Å². The summed E-state index contributed by atoms with van der Waals surface area (Å²) >= 11 is 0. The van der Waals surface area contributed by atoms with Gasteiger partial charge in [-0.1, -0.05) is 62.4 Å². The van der Waals surface area contributed by atoms with Gasteiger partial charge >= 0.3 is 0 Å². The molecule has 1 saturated heterocycles. The maximum absolute atomic E-state index is 12.4. The number of hydrogen-bond donors (Lipinski definition) is 1. The van der Waals surface area contributed by atoms with Crippen LogP contribution in [0.25, 0.3) is 38.9 Å². The molecule has 8 heteroatoms. The minimum Gasteiger partial charge on any atom is -0.382 e. The van der Waals surface area contributed by atoms with Crippen LogP contribution in [-0.2, 0) is 4.79 Å². The number of fused-ring (bicyclic) bond motifs is 2. The van der Waals surface area contributed by atoms with Crippen LogP contribution >= 0.6 is 0 Å². The van der Waals surface area contributed by atoms with E-state index in [2.05, 4.69) is 56.7 Å². The molecule has 2 aliphatic rings. The molecule has 0 bridgehead atoms. The largest absolute Gasteiger partial charge is 0.382 e. The lowest BCUT2D eigenvalue weighted by atomic mass is 9.78. The molecule has 0 spiro atoms. The van der Waals surface area contributed by atoms with Crippen LogP contribution in [0.15, 0.2) is 73.1 Å². The standard InChI is InChI=1S/C33H35N7O/c1-21(2)33(41)39-16-14-38(15-17-39)26-18-25(19-26)32-37-29(30-31(34)35-12-13-40(30)32)24-9-8-23-10-11-27(36-28(23)20-24)22-6-4-3-5-7-22/h3-13,20-21,25-26H,14-19H2,1-2H3,(H2,34,35)/t25-,26+. The minimum absolute atomic E-state index is 0.0590. The zero-order chi connectivity index (χ0) is 28.1. The summed E-state index contributed by atoms with van der Waals surface area (Å²) in [7, 11) is 0. The number of imidazole rings is 1. The highest BCUT2D eigenvalue weighted by Crippen LogP contribution is 2.42. The summed E-state index contributed by atoms with van der Waals surface area (Å²) in [6, 6.07) is 21.3. The van der Waals surface area contributed by atoms with Gasteiger partial charge in [0.1, 0.15) is 22.9 Å². The number of anilines is 1. The Kier molecular flexibility index (Phi) is 6.43. The Bertz CT molecular complexity index is 1730. The third-order valence-corrected chi connectivity index (χ3v) is 8.76. The smallest absolute Gasteiger partial charge is 0.225 e. The van der Waals surface area contributed by atoms with Crippen LogP contribution in [0.3, 0.4) is 0 Å². The number of pyridine rings is 1. The molecule has 1 amide bonds. The average Bonchev–Trinajstić information content (AvgIpc) is 3.36. The summed E-state index contributed by atoms with van der Waals surface area (Å²) < 4.78 is 2.13. The molecule has 4 heterocycles.